The fraction of sp³-hybridized carbons (Fsp3) is 0.474. The van der Waals surface area contributed by atoms with E-state index < -0.39 is 8.32 Å². The quantitative estimate of drug-likeness (QED) is 0.577. The summed E-state index contributed by atoms with van der Waals surface area (Å²) in [5.41, 5.74) is 9.13. The van der Waals surface area contributed by atoms with Crippen LogP contribution in [0.2, 0.25) is 16.6 Å². The van der Waals surface area contributed by atoms with Crippen molar-refractivity contribution in [2.75, 3.05) is 5.73 Å². The van der Waals surface area contributed by atoms with Gasteiger partial charge in [-0.25, -0.2) is 9.97 Å². The number of benzene rings is 1. The molecule has 0 radical (unpaired) electrons. The Hall–Kier alpha value is -1.40. The van der Waals surface area contributed by atoms with Crippen LogP contribution < -0.4 is 10.2 Å². The van der Waals surface area contributed by atoms with Crippen molar-refractivity contribution < 1.29 is 4.43 Å². The highest BCUT2D eigenvalue weighted by Crippen LogP contribution is 2.42. The topological polar surface area (TPSA) is 61.0 Å². The van der Waals surface area contributed by atoms with E-state index in [-0.39, 0.29) is 0 Å². The average Bonchev–Trinajstić information content (AvgIpc) is 2.54. The maximum atomic E-state index is 6.69. The molecule has 2 rings (SSSR count). The molecule has 0 spiro atoms. The minimum absolute atomic E-state index is 0.394. The third kappa shape index (κ3) is 4.06. The van der Waals surface area contributed by atoms with Gasteiger partial charge in [0.1, 0.15) is 10.4 Å². The van der Waals surface area contributed by atoms with Gasteiger partial charge in [0.2, 0.25) is 0 Å². The zero-order valence-electron chi connectivity index (χ0n) is 15.9. The van der Waals surface area contributed by atoms with Crippen LogP contribution in [0.15, 0.2) is 35.1 Å². The van der Waals surface area contributed by atoms with E-state index in [4.69, 9.17) is 10.2 Å². The van der Waals surface area contributed by atoms with Gasteiger partial charge in [0.25, 0.3) is 8.32 Å². The Bertz CT molecular complexity index is 695. The van der Waals surface area contributed by atoms with E-state index in [0.29, 0.717) is 27.0 Å². The predicted octanol–water partition coefficient (Wildman–Crippen LogP) is 6.04. The lowest BCUT2D eigenvalue weighted by Crippen LogP contribution is -2.50. The molecule has 0 atom stereocenters. The van der Waals surface area contributed by atoms with Crippen molar-refractivity contribution in [1.82, 2.24) is 9.97 Å². The number of aromatic nitrogens is 2. The zero-order chi connectivity index (χ0) is 18.8. The van der Waals surface area contributed by atoms with E-state index in [1.54, 1.807) is 6.20 Å². The molecule has 0 saturated carbocycles. The van der Waals surface area contributed by atoms with Gasteiger partial charge < -0.3 is 10.2 Å². The average molecular weight is 422 g/mol. The second-order valence-electron chi connectivity index (χ2n) is 7.38. The minimum atomic E-state index is -1.93. The molecule has 6 heteroatoms. The molecule has 0 amide bonds. The minimum Gasteiger partial charge on any atom is -0.543 e. The van der Waals surface area contributed by atoms with Crippen LogP contribution in [-0.2, 0) is 0 Å². The highest BCUT2D eigenvalue weighted by Gasteiger charge is 2.46. The van der Waals surface area contributed by atoms with Crippen LogP contribution in [0.5, 0.6) is 5.75 Å². The highest BCUT2D eigenvalue weighted by molar-refractivity contribution is 9.10. The Kier molecular flexibility index (Phi) is 6.27. The zero-order valence-corrected chi connectivity index (χ0v) is 18.5. The normalized spacial score (nSPS) is 12.2. The third-order valence-electron chi connectivity index (χ3n) is 4.91. The molecule has 25 heavy (non-hydrogen) atoms. The smallest absolute Gasteiger partial charge is 0.258 e. The Morgan fingerprint density at radius 3 is 1.92 bits per heavy atom. The molecule has 4 nitrogen and oxygen atoms in total. The van der Waals surface area contributed by atoms with Gasteiger partial charge in [-0.3, -0.25) is 0 Å². The molecular weight excluding hydrogens is 394 g/mol. The van der Waals surface area contributed by atoms with Gasteiger partial charge in [0.05, 0.1) is 11.9 Å². The van der Waals surface area contributed by atoms with E-state index in [0.717, 1.165) is 17.0 Å². The Labute approximate surface area is 160 Å². The lowest BCUT2D eigenvalue weighted by atomic mass is 10.1. The van der Waals surface area contributed by atoms with Gasteiger partial charge in [-0.2, -0.15) is 0 Å². The van der Waals surface area contributed by atoms with Crippen LogP contribution in [-0.4, -0.2) is 18.3 Å². The van der Waals surface area contributed by atoms with Gasteiger partial charge >= 0.3 is 0 Å². The summed E-state index contributed by atoms with van der Waals surface area (Å²) in [6, 6.07) is 8.14. The number of hydrogen-bond donors (Lipinski definition) is 1. The van der Waals surface area contributed by atoms with Crippen molar-refractivity contribution >= 4 is 30.1 Å². The SMILES string of the molecule is CC(C)[Si](Oc1ccc(-c2cnc(N)c(Br)n2)cc1)(C(C)C)C(C)C. The molecule has 1 aromatic carbocycles. The van der Waals surface area contributed by atoms with E-state index in [1.807, 2.05) is 24.3 Å². The standard InChI is InChI=1S/C19H28BrN3OSi/c1-12(2)25(13(3)4,14(5)6)24-16-9-7-15(8-10-16)17-11-22-19(21)18(20)23-17/h7-14H,1-6H3,(H2,21,22). The molecule has 0 saturated heterocycles. The number of halogens is 1. The molecule has 1 aromatic heterocycles. The van der Waals surface area contributed by atoms with E-state index >= 15 is 0 Å². The molecule has 0 bridgehead atoms. The second-order valence-corrected chi connectivity index (χ2v) is 13.5. The van der Waals surface area contributed by atoms with Crippen LogP contribution in [0, 0.1) is 0 Å². The Morgan fingerprint density at radius 2 is 1.48 bits per heavy atom. The first-order valence-corrected chi connectivity index (χ1v) is 11.7. The van der Waals surface area contributed by atoms with Crippen LogP contribution in [0.4, 0.5) is 5.82 Å². The number of rotatable bonds is 6. The molecular formula is C19H28BrN3OSi. The van der Waals surface area contributed by atoms with Gasteiger partial charge in [-0.1, -0.05) is 41.5 Å². The number of hydrogen-bond acceptors (Lipinski definition) is 4. The molecule has 1 heterocycles. The van der Waals surface area contributed by atoms with Gasteiger partial charge in [-0.15, -0.1) is 0 Å². The van der Waals surface area contributed by atoms with Crippen molar-refractivity contribution in [3.05, 3.63) is 35.1 Å². The van der Waals surface area contributed by atoms with Gasteiger partial charge in [-0.05, 0) is 56.8 Å². The van der Waals surface area contributed by atoms with Crippen LogP contribution in [0.25, 0.3) is 11.3 Å². The molecule has 0 unspecified atom stereocenters. The van der Waals surface area contributed by atoms with Gasteiger partial charge in [0.15, 0.2) is 5.82 Å². The molecule has 0 aliphatic rings. The summed E-state index contributed by atoms with van der Waals surface area (Å²) < 4.78 is 7.26. The van der Waals surface area contributed by atoms with Crippen molar-refractivity contribution in [3.8, 4) is 17.0 Å². The molecule has 0 aliphatic heterocycles. The lowest BCUT2D eigenvalue weighted by Gasteiger charge is -2.42. The summed E-state index contributed by atoms with van der Waals surface area (Å²) in [5, 5.41) is 0. The second kappa shape index (κ2) is 7.87. The first-order chi connectivity index (χ1) is 11.7. The van der Waals surface area contributed by atoms with E-state index in [2.05, 4.69) is 67.4 Å². The molecule has 2 aromatic rings. The number of nitrogens with two attached hydrogens (primary N) is 1. The first-order valence-electron chi connectivity index (χ1n) is 8.76. The third-order valence-corrected chi connectivity index (χ3v) is 11.5. The molecule has 0 aliphatic carbocycles. The van der Waals surface area contributed by atoms with Crippen molar-refractivity contribution in [1.29, 1.82) is 0 Å². The van der Waals surface area contributed by atoms with Crippen molar-refractivity contribution in [2.24, 2.45) is 0 Å². The summed E-state index contributed by atoms with van der Waals surface area (Å²) >= 11 is 3.33. The summed E-state index contributed by atoms with van der Waals surface area (Å²) in [4.78, 5) is 8.58. The fourth-order valence-electron chi connectivity index (χ4n) is 3.77. The predicted molar refractivity (Wildman–Crippen MR) is 111 cm³/mol. The molecule has 0 fully saturated rings. The maximum Gasteiger partial charge on any atom is 0.258 e. The Balaban J connectivity index is 2.31. The summed E-state index contributed by atoms with van der Waals surface area (Å²) in [6.45, 7) is 13.8. The van der Waals surface area contributed by atoms with Crippen molar-refractivity contribution in [3.63, 3.8) is 0 Å². The number of nitrogen functional groups attached to an aromatic ring is 1. The fourth-order valence-corrected chi connectivity index (χ4v) is 9.31. The maximum absolute atomic E-state index is 6.69. The molecule has 2 N–H and O–H groups in total. The first kappa shape index (κ1) is 19.9. The highest BCUT2D eigenvalue weighted by atomic mass is 79.9. The van der Waals surface area contributed by atoms with Crippen LogP contribution >= 0.6 is 15.9 Å². The lowest BCUT2D eigenvalue weighted by molar-refractivity contribution is 0.480. The molecule has 136 valence electrons. The Morgan fingerprint density at radius 1 is 0.960 bits per heavy atom. The number of nitrogens with zero attached hydrogens (tertiary/aromatic N) is 2. The largest absolute Gasteiger partial charge is 0.543 e. The monoisotopic (exact) mass is 421 g/mol. The number of anilines is 1. The van der Waals surface area contributed by atoms with Gasteiger partial charge in [0, 0.05) is 5.56 Å². The van der Waals surface area contributed by atoms with E-state index in [1.165, 1.54) is 0 Å². The van der Waals surface area contributed by atoms with E-state index in [9.17, 15) is 0 Å². The van der Waals surface area contributed by atoms with Crippen molar-refractivity contribution in [2.45, 2.75) is 58.2 Å². The summed E-state index contributed by atoms with van der Waals surface area (Å²) in [6.07, 6.45) is 1.69. The summed E-state index contributed by atoms with van der Waals surface area (Å²) in [5.74, 6) is 1.33. The summed E-state index contributed by atoms with van der Waals surface area (Å²) in [7, 11) is -1.93. The van der Waals surface area contributed by atoms with Crippen LogP contribution in [0.1, 0.15) is 41.5 Å². The van der Waals surface area contributed by atoms with Crippen LogP contribution in [0.3, 0.4) is 0 Å².